The molecule has 0 atom stereocenters. The van der Waals surface area contributed by atoms with Crippen molar-refractivity contribution in [1.82, 2.24) is 9.27 Å². The Morgan fingerprint density at radius 3 is 2.55 bits per heavy atom. The lowest BCUT2D eigenvalue weighted by Gasteiger charge is -2.12. The second-order valence-corrected chi connectivity index (χ2v) is 7.73. The predicted octanol–water partition coefficient (Wildman–Crippen LogP) is 6.01. The average Bonchev–Trinajstić information content (AvgIpc) is 3.12. The number of ether oxygens (including phenoxy) is 1. The Morgan fingerprint density at radius 2 is 1.90 bits per heavy atom. The van der Waals surface area contributed by atoms with Crippen molar-refractivity contribution >= 4 is 23.6 Å². The van der Waals surface area contributed by atoms with Gasteiger partial charge in [0.2, 0.25) is 5.06 Å². The van der Waals surface area contributed by atoms with Crippen LogP contribution >= 0.6 is 11.5 Å². The van der Waals surface area contributed by atoms with E-state index in [1.54, 1.807) is 0 Å². The molecule has 0 aliphatic heterocycles. The van der Waals surface area contributed by atoms with Crippen molar-refractivity contribution in [2.24, 2.45) is 4.99 Å². The Labute approximate surface area is 176 Å². The van der Waals surface area contributed by atoms with Gasteiger partial charge in [0, 0.05) is 30.7 Å². The largest absolute Gasteiger partial charge is 0.443 e. The predicted molar refractivity (Wildman–Crippen MR) is 119 cm³/mol. The smallest absolute Gasteiger partial charge is 0.218 e. The second kappa shape index (κ2) is 8.89. The fourth-order valence-electron chi connectivity index (χ4n) is 2.72. The van der Waals surface area contributed by atoms with Crippen molar-refractivity contribution < 1.29 is 4.74 Å². The van der Waals surface area contributed by atoms with Crippen molar-refractivity contribution in [3.63, 3.8) is 0 Å². The van der Waals surface area contributed by atoms with Crippen LogP contribution in [-0.2, 0) is 0 Å². The number of benzene rings is 2. The van der Waals surface area contributed by atoms with Crippen molar-refractivity contribution in [3.05, 3.63) is 58.7 Å². The molecule has 148 valence electrons. The van der Waals surface area contributed by atoms with E-state index in [0.717, 1.165) is 34.5 Å². The highest BCUT2D eigenvalue weighted by atomic mass is 32.1. The third-order valence-electron chi connectivity index (χ3n) is 4.69. The molecule has 0 saturated carbocycles. The molecule has 0 N–H and O–H groups in total. The minimum absolute atomic E-state index is 0.461. The first-order valence-electron chi connectivity index (χ1n) is 9.43. The van der Waals surface area contributed by atoms with E-state index in [1.807, 2.05) is 75.5 Å². The molecule has 29 heavy (non-hydrogen) atoms. The van der Waals surface area contributed by atoms with E-state index in [-0.39, 0.29) is 0 Å². The van der Waals surface area contributed by atoms with Crippen LogP contribution in [0.4, 0.5) is 5.69 Å². The van der Waals surface area contributed by atoms with Gasteiger partial charge in [-0.05, 0) is 51.0 Å². The zero-order chi connectivity index (χ0) is 21.0. The van der Waals surface area contributed by atoms with Crippen LogP contribution < -0.4 is 4.74 Å². The molecule has 0 spiro atoms. The summed E-state index contributed by atoms with van der Waals surface area (Å²) >= 11 is 1.20. The number of nitrogens with zero attached hydrogens (tertiary/aromatic N) is 4. The van der Waals surface area contributed by atoms with E-state index in [1.165, 1.54) is 11.5 Å². The zero-order valence-electron chi connectivity index (χ0n) is 17.4. The maximum atomic E-state index is 9.71. The quantitative estimate of drug-likeness (QED) is 0.373. The van der Waals surface area contributed by atoms with Gasteiger partial charge >= 0.3 is 0 Å². The van der Waals surface area contributed by atoms with Crippen molar-refractivity contribution in [3.8, 4) is 28.1 Å². The van der Waals surface area contributed by atoms with Crippen LogP contribution in [0.1, 0.15) is 29.2 Å². The summed E-state index contributed by atoms with van der Waals surface area (Å²) in [7, 11) is 1.99. The number of aromatic nitrogens is 1. The molecular formula is C23H24N4OS. The third-order valence-corrected chi connectivity index (χ3v) is 5.41. The molecule has 5 nitrogen and oxygen atoms in total. The molecular weight excluding hydrogens is 380 g/mol. The average molecular weight is 405 g/mol. The van der Waals surface area contributed by atoms with Crippen LogP contribution in [0.3, 0.4) is 0 Å². The van der Waals surface area contributed by atoms with E-state index in [0.29, 0.717) is 22.1 Å². The molecule has 0 saturated heterocycles. The Kier molecular flexibility index (Phi) is 6.30. The minimum atomic E-state index is 0.461. The van der Waals surface area contributed by atoms with Gasteiger partial charge in [-0.1, -0.05) is 29.8 Å². The maximum absolute atomic E-state index is 9.71. The highest BCUT2D eigenvalue weighted by Gasteiger charge is 2.18. The van der Waals surface area contributed by atoms with Gasteiger partial charge in [0.15, 0.2) is 0 Å². The standard InChI is InChI=1S/C23H24N4OS/c1-6-27(5)14-25-20-11-17(4)21(12-16(20)3)28-23-19(13-24)22(26-29-23)18-9-7-15(2)8-10-18/h7-12,14H,6H2,1-5H3/b25-14-. The lowest BCUT2D eigenvalue weighted by atomic mass is 10.1. The van der Waals surface area contributed by atoms with Crippen LogP contribution in [0.15, 0.2) is 41.4 Å². The number of aryl methyl sites for hydroxylation is 3. The van der Waals surface area contributed by atoms with Gasteiger partial charge in [0.05, 0.1) is 12.0 Å². The van der Waals surface area contributed by atoms with E-state index in [4.69, 9.17) is 4.74 Å². The maximum Gasteiger partial charge on any atom is 0.218 e. The number of nitriles is 1. The minimum Gasteiger partial charge on any atom is -0.443 e. The van der Waals surface area contributed by atoms with Crippen LogP contribution in [0, 0.1) is 32.1 Å². The molecule has 3 rings (SSSR count). The number of hydrogen-bond acceptors (Lipinski definition) is 5. The van der Waals surface area contributed by atoms with Gasteiger partial charge in [-0.25, -0.2) is 4.99 Å². The molecule has 0 fully saturated rings. The lowest BCUT2D eigenvalue weighted by Crippen LogP contribution is -2.14. The monoisotopic (exact) mass is 404 g/mol. The first-order chi connectivity index (χ1) is 13.9. The molecule has 0 radical (unpaired) electrons. The van der Waals surface area contributed by atoms with E-state index in [9.17, 15) is 5.26 Å². The Bertz CT molecular complexity index is 1080. The van der Waals surface area contributed by atoms with Crippen LogP contribution in [-0.4, -0.2) is 29.2 Å². The summed E-state index contributed by atoms with van der Waals surface area (Å²) in [5, 5.41) is 10.2. The fraction of sp³-hybridized carbons (Fsp3) is 0.261. The highest BCUT2D eigenvalue weighted by Crippen LogP contribution is 2.38. The summed E-state index contributed by atoms with van der Waals surface area (Å²) in [6, 6.07) is 14.2. The zero-order valence-corrected chi connectivity index (χ0v) is 18.2. The third kappa shape index (κ3) is 4.64. The van der Waals surface area contributed by atoms with Crippen molar-refractivity contribution in [2.45, 2.75) is 27.7 Å². The lowest BCUT2D eigenvalue weighted by molar-refractivity contribution is 0.491. The number of rotatable bonds is 6. The summed E-state index contributed by atoms with van der Waals surface area (Å²) < 4.78 is 10.6. The summed E-state index contributed by atoms with van der Waals surface area (Å²) in [4.78, 5) is 6.57. The summed E-state index contributed by atoms with van der Waals surface area (Å²) in [6.07, 6.45) is 1.83. The molecule has 0 aliphatic rings. The Balaban J connectivity index is 1.91. The Hall–Kier alpha value is -3.17. The van der Waals surface area contributed by atoms with E-state index < -0.39 is 0 Å². The first kappa shape index (κ1) is 20.6. The van der Waals surface area contributed by atoms with Crippen LogP contribution in [0.2, 0.25) is 0 Å². The molecule has 1 aromatic heterocycles. The molecule has 1 heterocycles. The molecule has 0 unspecified atom stereocenters. The molecule has 2 aromatic carbocycles. The molecule has 3 aromatic rings. The highest BCUT2D eigenvalue weighted by molar-refractivity contribution is 7.08. The van der Waals surface area contributed by atoms with E-state index >= 15 is 0 Å². The molecule has 0 aliphatic carbocycles. The first-order valence-corrected chi connectivity index (χ1v) is 10.2. The normalized spacial score (nSPS) is 10.9. The second-order valence-electron chi connectivity index (χ2n) is 7.00. The van der Waals surface area contributed by atoms with Gasteiger partial charge in [-0.3, -0.25) is 0 Å². The van der Waals surface area contributed by atoms with E-state index in [2.05, 4.69) is 22.4 Å². The summed E-state index contributed by atoms with van der Waals surface area (Å²) in [6.45, 7) is 8.98. The number of aliphatic imine (C=N–C) groups is 1. The van der Waals surface area contributed by atoms with Gasteiger partial charge in [0.1, 0.15) is 23.1 Å². The van der Waals surface area contributed by atoms with Gasteiger partial charge in [-0.2, -0.15) is 9.64 Å². The Morgan fingerprint density at radius 1 is 1.17 bits per heavy atom. The molecule has 0 amide bonds. The van der Waals surface area contributed by atoms with Crippen LogP contribution in [0.5, 0.6) is 10.8 Å². The summed E-state index contributed by atoms with van der Waals surface area (Å²) in [5.74, 6) is 0.709. The van der Waals surface area contributed by atoms with Crippen molar-refractivity contribution in [1.29, 1.82) is 5.26 Å². The summed E-state index contributed by atoms with van der Waals surface area (Å²) in [5.41, 5.74) is 6.06. The van der Waals surface area contributed by atoms with Gasteiger partial charge in [-0.15, -0.1) is 0 Å². The fourth-order valence-corrected chi connectivity index (χ4v) is 3.45. The van der Waals surface area contributed by atoms with Crippen LogP contribution in [0.25, 0.3) is 11.3 Å². The molecule has 0 bridgehead atoms. The molecule has 6 heteroatoms. The SMILES string of the molecule is CCN(C)/C=N\c1cc(C)c(Oc2snc(-c3ccc(C)cc3)c2C#N)cc1C. The van der Waals surface area contributed by atoms with Gasteiger partial charge < -0.3 is 9.64 Å². The van der Waals surface area contributed by atoms with Crippen molar-refractivity contribution in [2.75, 3.05) is 13.6 Å². The number of hydrogen-bond donors (Lipinski definition) is 0. The van der Waals surface area contributed by atoms with Gasteiger partial charge in [0.25, 0.3) is 0 Å². The topological polar surface area (TPSA) is 61.5 Å².